The molecule has 3 aliphatic rings. The van der Waals surface area contributed by atoms with Crippen molar-refractivity contribution in [3.8, 4) is 5.75 Å². The molecule has 4 rings (SSSR count). The summed E-state index contributed by atoms with van der Waals surface area (Å²) in [6.45, 7) is 4.37. The van der Waals surface area contributed by atoms with Gasteiger partial charge in [0.2, 0.25) is 0 Å². The molecule has 0 saturated carbocycles. The van der Waals surface area contributed by atoms with Gasteiger partial charge in [0.15, 0.2) is 5.82 Å². The lowest BCUT2D eigenvalue weighted by Gasteiger charge is -2.42. The first kappa shape index (κ1) is 20.6. The molecule has 1 aromatic rings. The molecule has 8 heteroatoms. The maximum Gasteiger partial charge on any atom is 0.157 e. The normalized spacial score (nSPS) is 29.6. The first-order valence-electron chi connectivity index (χ1n) is 10.5. The molecule has 0 bridgehead atoms. The molecular formula is C21H32FN5O2. The molecule has 1 aromatic carbocycles. The van der Waals surface area contributed by atoms with E-state index in [1.54, 1.807) is 7.11 Å². The zero-order valence-corrected chi connectivity index (χ0v) is 17.4. The highest BCUT2D eigenvalue weighted by molar-refractivity contribution is 5.77. The fourth-order valence-electron chi connectivity index (χ4n) is 4.53. The number of benzene rings is 1. The standard InChI is InChI=1S/C21H32FN5O2/c1-12-18(28-3)20(23-2)27-21(25-12)26-15-11-14-7-10-29-19(14)16(17(15)22)13-5-4-8-24-9-6-13/h6,11-12,18,20-21,23-27H,4-5,7-10H2,1-3H3. The molecule has 7 nitrogen and oxygen atoms in total. The predicted octanol–water partition coefficient (Wildman–Crippen LogP) is 1.36. The van der Waals surface area contributed by atoms with E-state index in [0.29, 0.717) is 23.6 Å². The van der Waals surface area contributed by atoms with Crippen molar-refractivity contribution < 1.29 is 13.9 Å². The topological polar surface area (TPSA) is 78.6 Å². The number of hydrogen-bond donors (Lipinski definition) is 5. The van der Waals surface area contributed by atoms with E-state index in [2.05, 4.69) is 39.6 Å². The van der Waals surface area contributed by atoms with Crippen molar-refractivity contribution in [2.45, 2.75) is 50.8 Å². The minimum absolute atomic E-state index is 0.0319. The van der Waals surface area contributed by atoms with E-state index in [4.69, 9.17) is 9.47 Å². The van der Waals surface area contributed by atoms with E-state index < -0.39 is 0 Å². The van der Waals surface area contributed by atoms with E-state index >= 15 is 4.39 Å². The van der Waals surface area contributed by atoms with Gasteiger partial charge in [-0.1, -0.05) is 6.08 Å². The van der Waals surface area contributed by atoms with Crippen LogP contribution in [0.15, 0.2) is 12.1 Å². The summed E-state index contributed by atoms with van der Waals surface area (Å²) in [5.74, 6) is 0.469. The predicted molar refractivity (Wildman–Crippen MR) is 112 cm³/mol. The van der Waals surface area contributed by atoms with Crippen LogP contribution in [0.3, 0.4) is 0 Å². The number of allylic oxidation sites excluding steroid dienone is 1. The zero-order chi connectivity index (χ0) is 20.4. The lowest BCUT2D eigenvalue weighted by molar-refractivity contribution is 0.00307. The Balaban J connectivity index is 1.63. The van der Waals surface area contributed by atoms with Crippen LogP contribution in [0.2, 0.25) is 0 Å². The van der Waals surface area contributed by atoms with Gasteiger partial charge in [-0.3, -0.25) is 10.6 Å². The first-order valence-corrected chi connectivity index (χ1v) is 10.5. The van der Waals surface area contributed by atoms with Gasteiger partial charge in [-0.15, -0.1) is 0 Å². The van der Waals surface area contributed by atoms with Crippen LogP contribution in [0.4, 0.5) is 10.1 Å². The van der Waals surface area contributed by atoms with Gasteiger partial charge in [0.1, 0.15) is 18.1 Å². The van der Waals surface area contributed by atoms with Gasteiger partial charge in [0.05, 0.1) is 24.0 Å². The van der Waals surface area contributed by atoms with E-state index in [0.717, 1.165) is 43.5 Å². The number of methoxy groups -OCH3 is 1. The van der Waals surface area contributed by atoms with Crippen LogP contribution in [0.25, 0.3) is 5.57 Å². The SMILES string of the molecule is CNC1NC(Nc2cc3c(c(C4=CCNCCC4)c2F)OCC3)NC(C)C1OC. The van der Waals surface area contributed by atoms with Gasteiger partial charge < -0.3 is 25.4 Å². The Bertz CT molecular complexity index is 772. The van der Waals surface area contributed by atoms with Crippen molar-refractivity contribution in [1.29, 1.82) is 0 Å². The second kappa shape index (κ2) is 8.97. The number of rotatable bonds is 5. The second-order valence-electron chi connectivity index (χ2n) is 7.90. The van der Waals surface area contributed by atoms with E-state index in [1.807, 2.05) is 13.1 Å². The molecule has 1 saturated heterocycles. The van der Waals surface area contributed by atoms with Gasteiger partial charge in [0, 0.05) is 31.7 Å². The molecule has 0 aliphatic carbocycles. The number of hydrogen-bond acceptors (Lipinski definition) is 7. The summed E-state index contributed by atoms with van der Waals surface area (Å²) in [6.07, 6.45) is 4.36. The number of ether oxygens (including phenoxy) is 2. The monoisotopic (exact) mass is 405 g/mol. The third-order valence-electron chi connectivity index (χ3n) is 6.00. The third-order valence-corrected chi connectivity index (χ3v) is 6.00. The first-order chi connectivity index (χ1) is 14.1. The Kier molecular flexibility index (Phi) is 6.36. The quantitative estimate of drug-likeness (QED) is 0.506. The summed E-state index contributed by atoms with van der Waals surface area (Å²) in [5, 5.41) is 16.7. The van der Waals surface area contributed by atoms with Crippen LogP contribution in [-0.4, -0.2) is 58.5 Å². The van der Waals surface area contributed by atoms with Crippen LogP contribution in [0, 0.1) is 5.82 Å². The molecule has 29 heavy (non-hydrogen) atoms. The molecule has 1 fully saturated rings. The second-order valence-corrected chi connectivity index (χ2v) is 7.90. The van der Waals surface area contributed by atoms with Crippen LogP contribution >= 0.6 is 0 Å². The maximum atomic E-state index is 15.7. The average Bonchev–Trinajstić information content (AvgIpc) is 3.00. The maximum absolute atomic E-state index is 15.7. The summed E-state index contributed by atoms with van der Waals surface area (Å²) in [6, 6.07) is 1.98. The van der Waals surface area contributed by atoms with Gasteiger partial charge >= 0.3 is 0 Å². The lowest BCUT2D eigenvalue weighted by Crippen LogP contribution is -2.71. The molecule has 4 unspecified atom stereocenters. The number of fused-ring (bicyclic) bond motifs is 1. The molecule has 0 aromatic heterocycles. The Morgan fingerprint density at radius 1 is 1.28 bits per heavy atom. The molecule has 4 atom stereocenters. The lowest BCUT2D eigenvalue weighted by atomic mass is 9.96. The van der Waals surface area contributed by atoms with Crippen molar-refractivity contribution in [3.05, 3.63) is 29.1 Å². The van der Waals surface area contributed by atoms with Gasteiger partial charge in [0.25, 0.3) is 0 Å². The highest BCUT2D eigenvalue weighted by Crippen LogP contribution is 2.41. The molecule has 0 radical (unpaired) electrons. The number of halogens is 1. The third kappa shape index (κ3) is 4.13. The van der Waals surface area contributed by atoms with E-state index in [-0.39, 0.29) is 30.4 Å². The molecule has 3 aliphatic heterocycles. The minimum Gasteiger partial charge on any atom is -0.492 e. The summed E-state index contributed by atoms with van der Waals surface area (Å²) >= 11 is 0. The molecule has 160 valence electrons. The van der Waals surface area contributed by atoms with Gasteiger partial charge in [-0.05, 0) is 45.0 Å². The fraction of sp³-hybridized carbons (Fsp3) is 0.619. The Morgan fingerprint density at radius 3 is 2.93 bits per heavy atom. The van der Waals surface area contributed by atoms with Crippen molar-refractivity contribution in [1.82, 2.24) is 21.3 Å². The summed E-state index contributed by atoms with van der Waals surface area (Å²) in [7, 11) is 3.58. The van der Waals surface area contributed by atoms with Crippen LogP contribution in [0.1, 0.15) is 30.9 Å². The van der Waals surface area contributed by atoms with Crippen LogP contribution in [0.5, 0.6) is 5.75 Å². The fourth-order valence-corrected chi connectivity index (χ4v) is 4.53. The average molecular weight is 406 g/mol. The van der Waals surface area contributed by atoms with E-state index in [9.17, 15) is 0 Å². The van der Waals surface area contributed by atoms with Crippen molar-refractivity contribution >= 4 is 11.3 Å². The van der Waals surface area contributed by atoms with Gasteiger partial charge in [-0.25, -0.2) is 4.39 Å². The van der Waals surface area contributed by atoms with Crippen molar-refractivity contribution in [2.24, 2.45) is 0 Å². The largest absolute Gasteiger partial charge is 0.492 e. The molecular weight excluding hydrogens is 373 g/mol. The summed E-state index contributed by atoms with van der Waals surface area (Å²) < 4.78 is 27.1. The Labute approximate surface area is 171 Å². The molecule has 0 spiro atoms. The van der Waals surface area contributed by atoms with Gasteiger partial charge in [-0.2, -0.15) is 0 Å². The Hall–Kier alpha value is -1.71. The molecule has 3 heterocycles. The Morgan fingerprint density at radius 2 is 2.14 bits per heavy atom. The zero-order valence-electron chi connectivity index (χ0n) is 17.4. The van der Waals surface area contributed by atoms with E-state index in [1.165, 1.54) is 0 Å². The molecule has 0 amide bonds. The number of anilines is 1. The van der Waals surface area contributed by atoms with Crippen molar-refractivity contribution in [2.75, 3.05) is 39.2 Å². The van der Waals surface area contributed by atoms with Crippen LogP contribution in [-0.2, 0) is 11.2 Å². The summed E-state index contributed by atoms with van der Waals surface area (Å²) in [4.78, 5) is 0. The molecule has 5 N–H and O–H groups in total. The summed E-state index contributed by atoms with van der Waals surface area (Å²) in [5.41, 5.74) is 3.20. The number of nitrogens with one attached hydrogen (secondary N) is 5. The minimum atomic E-state index is -0.290. The number of likely N-dealkylation sites (N-methyl/N-ethyl adjacent to an activating group) is 1. The highest BCUT2D eigenvalue weighted by Gasteiger charge is 2.35. The smallest absolute Gasteiger partial charge is 0.157 e. The highest BCUT2D eigenvalue weighted by atomic mass is 19.1. The van der Waals surface area contributed by atoms with Crippen LogP contribution < -0.4 is 31.3 Å². The van der Waals surface area contributed by atoms with Crippen molar-refractivity contribution in [3.63, 3.8) is 0 Å².